The standard InChI is InChI=1S/C17H22O4S/c1-12-4-6-14(7-5-12)21-22(19,20)11-17-9-8-13(10-15(17)18)16(17,2)3/h4-7,13H,8-11H2,1-3H3. The highest BCUT2D eigenvalue weighted by Crippen LogP contribution is 2.64. The molecule has 2 saturated carbocycles. The Labute approximate surface area is 132 Å². The average molecular weight is 322 g/mol. The molecular weight excluding hydrogens is 300 g/mol. The summed E-state index contributed by atoms with van der Waals surface area (Å²) in [5.74, 6) is 0.482. The smallest absolute Gasteiger partial charge is 0.310 e. The lowest BCUT2D eigenvalue weighted by Gasteiger charge is -2.35. The Kier molecular flexibility index (Phi) is 3.40. The van der Waals surface area contributed by atoms with Gasteiger partial charge in [-0.05, 0) is 43.2 Å². The van der Waals surface area contributed by atoms with E-state index >= 15 is 0 Å². The zero-order chi connectivity index (χ0) is 16.2. The van der Waals surface area contributed by atoms with Crippen molar-refractivity contribution in [1.82, 2.24) is 0 Å². The molecule has 0 N–H and O–H groups in total. The van der Waals surface area contributed by atoms with Crippen LogP contribution in [0.15, 0.2) is 24.3 Å². The number of carbonyl (C=O) groups is 1. The van der Waals surface area contributed by atoms with Crippen molar-refractivity contribution >= 4 is 15.9 Å². The molecule has 0 aliphatic heterocycles. The van der Waals surface area contributed by atoms with Crippen LogP contribution in [0, 0.1) is 23.7 Å². The molecule has 0 aromatic heterocycles. The molecule has 1 aromatic rings. The van der Waals surface area contributed by atoms with E-state index in [-0.39, 0.29) is 17.0 Å². The molecule has 22 heavy (non-hydrogen) atoms. The maximum atomic E-state index is 12.5. The second-order valence-electron chi connectivity index (χ2n) is 7.27. The number of carbonyl (C=O) groups excluding carboxylic acids is 1. The fourth-order valence-electron chi connectivity index (χ4n) is 4.18. The number of ketones is 1. The second-order valence-corrected chi connectivity index (χ2v) is 8.84. The van der Waals surface area contributed by atoms with Gasteiger partial charge in [0.2, 0.25) is 0 Å². The fourth-order valence-corrected chi connectivity index (χ4v) is 5.92. The molecule has 1 aromatic carbocycles. The maximum Gasteiger partial charge on any atom is 0.310 e. The Morgan fingerprint density at radius 1 is 1.23 bits per heavy atom. The van der Waals surface area contributed by atoms with Gasteiger partial charge in [-0.1, -0.05) is 31.5 Å². The molecule has 3 rings (SSSR count). The number of benzene rings is 1. The zero-order valence-electron chi connectivity index (χ0n) is 13.3. The summed E-state index contributed by atoms with van der Waals surface area (Å²) in [5, 5.41) is 0. The van der Waals surface area contributed by atoms with Crippen LogP contribution < -0.4 is 4.18 Å². The van der Waals surface area contributed by atoms with E-state index in [1.54, 1.807) is 24.3 Å². The van der Waals surface area contributed by atoms with E-state index in [0.717, 1.165) is 12.0 Å². The van der Waals surface area contributed by atoms with Crippen LogP contribution in [0.4, 0.5) is 0 Å². The molecule has 0 radical (unpaired) electrons. The minimum absolute atomic E-state index is 0.0878. The Hall–Kier alpha value is -1.36. The molecule has 2 aliphatic carbocycles. The fraction of sp³-hybridized carbons (Fsp3) is 0.588. The molecule has 5 heteroatoms. The Bertz CT molecular complexity index is 703. The van der Waals surface area contributed by atoms with Crippen LogP contribution in [-0.2, 0) is 14.9 Å². The number of hydrogen-bond acceptors (Lipinski definition) is 4. The van der Waals surface area contributed by atoms with Crippen molar-refractivity contribution in [3.63, 3.8) is 0 Å². The van der Waals surface area contributed by atoms with Crippen molar-refractivity contribution in [3.8, 4) is 5.75 Å². The summed E-state index contributed by atoms with van der Waals surface area (Å²) in [6.07, 6.45) is 2.09. The average Bonchev–Trinajstić information content (AvgIpc) is 2.74. The van der Waals surface area contributed by atoms with Gasteiger partial charge < -0.3 is 4.18 Å². The third kappa shape index (κ3) is 2.26. The highest BCUT2D eigenvalue weighted by atomic mass is 32.2. The highest BCUT2D eigenvalue weighted by molar-refractivity contribution is 7.87. The lowest BCUT2D eigenvalue weighted by molar-refractivity contribution is -0.128. The van der Waals surface area contributed by atoms with Crippen LogP contribution in [0.5, 0.6) is 5.75 Å². The van der Waals surface area contributed by atoms with Gasteiger partial charge in [0, 0.05) is 6.42 Å². The molecule has 120 valence electrons. The Morgan fingerprint density at radius 3 is 2.36 bits per heavy atom. The molecule has 2 fully saturated rings. The van der Waals surface area contributed by atoms with Crippen molar-refractivity contribution in [2.45, 2.75) is 40.0 Å². The third-order valence-corrected chi connectivity index (χ3v) is 7.10. The molecule has 2 atom stereocenters. The molecule has 2 unspecified atom stereocenters. The minimum atomic E-state index is -3.80. The molecule has 0 heterocycles. The van der Waals surface area contributed by atoms with Crippen molar-refractivity contribution in [2.24, 2.45) is 16.7 Å². The van der Waals surface area contributed by atoms with E-state index in [1.807, 2.05) is 20.8 Å². The van der Waals surface area contributed by atoms with Gasteiger partial charge in [-0.3, -0.25) is 4.79 Å². The van der Waals surface area contributed by atoms with E-state index in [2.05, 4.69) is 0 Å². The van der Waals surface area contributed by atoms with Crippen LogP contribution in [0.2, 0.25) is 0 Å². The topological polar surface area (TPSA) is 60.4 Å². The first kappa shape index (κ1) is 15.5. The van der Waals surface area contributed by atoms with Crippen LogP contribution in [0.3, 0.4) is 0 Å². The van der Waals surface area contributed by atoms with Crippen molar-refractivity contribution < 1.29 is 17.4 Å². The number of hydrogen-bond donors (Lipinski definition) is 0. The van der Waals surface area contributed by atoms with Crippen molar-refractivity contribution in [1.29, 1.82) is 0 Å². The van der Waals surface area contributed by atoms with Crippen molar-refractivity contribution in [2.75, 3.05) is 5.75 Å². The lowest BCUT2D eigenvalue weighted by atomic mass is 9.70. The van der Waals surface area contributed by atoms with Crippen molar-refractivity contribution in [3.05, 3.63) is 29.8 Å². The first-order valence-electron chi connectivity index (χ1n) is 7.68. The summed E-state index contributed by atoms with van der Waals surface area (Å²) in [4.78, 5) is 12.4. The summed E-state index contributed by atoms with van der Waals surface area (Å²) in [7, 11) is -3.80. The van der Waals surface area contributed by atoms with Gasteiger partial charge in [0.25, 0.3) is 0 Å². The number of Topliss-reactive ketones (excluding diaryl/α,β-unsaturated/α-hetero) is 1. The predicted octanol–water partition coefficient (Wildman–Crippen LogP) is 3.10. The van der Waals surface area contributed by atoms with Crippen LogP contribution in [-0.4, -0.2) is 20.0 Å². The van der Waals surface area contributed by atoms with Gasteiger partial charge in [-0.15, -0.1) is 0 Å². The largest absolute Gasteiger partial charge is 0.382 e. The van der Waals surface area contributed by atoms with Crippen LogP contribution in [0.1, 0.15) is 38.7 Å². The molecule has 2 bridgehead atoms. The zero-order valence-corrected chi connectivity index (χ0v) is 14.1. The SMILES string of the molecule is Cc1ccc(OS(=O)(=O)CC23CCC(CC2=O)C3(C)C)cc1. The first-order chi connectivity index (χ1) is 10.2. The number of fused-ring (bicyclic) bond motifs is 2. The summed E-state index contributed by atoms with van der Waals surface area (Å²) < 4.78 is 30.2. The maximum absolute atomic E-state index is 12.5. The highest BCUT2D eigenvalue weighted by Gasteiger charge is 2.65. The van der Waals surface area contributed by atoms with Gasteiger partial charge in [0.15, 0.2) is 0 Å². The van der Waals surface area contributed by atoms with Crippen LogP contribution >= 0.6 is 0 Å². The third-order valence-electron chi connectivity index (χ3n) is 5.81. The Balaban J connectivity index is 1.85. The lowest BCUT2D eigenvalue weighted by Crippen LogP contribution is -2.43. The van der Waals surface area contributed by atoms with E-state index in [9.17, 15) is 13.2 Å². The molecule has 0 amide bonds. The molecule has 0 spiro atoms. The van der Waals surface area contributed by atoms with Gasteiger partial charge in [0.1, 0.15) is 11.5 Å². The predicted molar refractivity (Wildman–Crippen MR) is 84.2 cm³/mol. The quantitative estimate of drug-likeness (QED) is 0.799. The van der Waals surface area contributed by atoms with Crippen LogP contribution in [0.25, 0.3) is 0 Å². The van der Waals surface area contributed by atoms with Gasteiger partial charge in [-0.2, -0.15) is 8.42 Å². The van der Waals surface area contributed by atoms with E-state index in [4.69, 9.17) is 4.18 Å². The molecule has 4 nitrogen and oxygen atoms in total. The second kappa shape index (κ2) is 4.82. The summed E-state index contributed by atoms with van der Waals surface area (Å²) in [6.45, 7) is 5.98. The minimum Gasteiger partial charge on any atom is -0.382 e. The molecule has 2 aliphatic rings. The summed E-state index contributed by atoms with van der Waals surface area (Å²) in [6, 6.07) is 6.89. The van der Waals surface area contributed by atoms with E-state index in [0.29, 0.717) is 24.5 Å². The van der Waals surface area contributed by atoms with Gasteiger partial charge >= 0.3 is 10.1 Å². The normalized spacial score (nSPS) is 29.8. The monoisotopic (exact) mass is 322 g/mol. The molecule has 0 saturated heterocycles. The first-order valence-corrected chi connectivity index (χ1v) is 9.26. The van der Waals surface area contributed by atoms with E-state index < -0.39 is 15.5 Å². The summed E-state index contributed by atoms with van der Waals surface area (Å²) in [5.41, 5.74) is -0.0105. The molecular formula is C17H22O4S. The Morgan fingerprint density at radius 2 is 1.86 bits per heavy atom. The van der Waals surface area contributed by atoms with Gasteiger partial charge in [-0.25, -0.2) is 0 Å². The van der Waals surface area contributed by atoms with E-state index in [1.165, 1.54) is 0 Å². The number of rotatable bonds is 4. The van der Waals surface area contributed by atoms with Gasteiger partial charge in [0.05, 0.1) is 11.2 Å². The number of aryl methyl sites for hydroxylation is 1. The summed E-state index contributed by atoms with van der Waals surface area (Å²) >= 11 is 0.